The minimum atomic E-state index is -0.356. The molecule has 7 heavy (non-hydrogen) atoms. The summed E-state index contributed by atoms with van der Waals surface area (Å²) in [7, 11) is 0. The Morgan fingerprint density at radius 1 is 1.71 bits per heavy atom. The Morgan fingerprint density at radius 2 is 2.57 bits per heavy atom. The van der Waals surface area contributed by atoms with Gasteiger partial charge in [-0.3, -0.25) is 0 Å². The standard InChI is InChI=1S/C6H7O/c7-6-4-2-1-3-5-6/h1,6-7H,2,4H2. The normalized spacial score (nSPS) is 28.4. The van der Waals surface area contributed by atoms with E-state index in [0.29, 0.717) is 0 Å². The third kappa shape index (κ3) is 1.21. The molecule has 0 spiro atoms. The van der Waals surface area contributed by atoms with Crippen molar-refractivity contribution in [1.82, 2.24) is 0 Å². The molecule has 1 heteroatoms. The van der Waals surface area contributed by atoms with Gasteiger partial charge in [0.1, 0.15) is 6.10 Å². The van der Waals surface area contributed by atoms with Gasteiger partial charge < -0.3 is 5.11 Å². The van der Waals surface area contributed by atoms with Crippen molar-refractivity contribution in [2.75, 3.05) is 0 Å². The predicted octanol–water partition coefficient (Wildman–Crippen LogP) is 0.349. The van der Waals surface area contributed by atoms with Crippen LogP contribution in [0.2, 0.25) is 0 Å². The van der Waals surface area contributed by atoms with Crippen LogP contribution in [0.4, 0.5) is 0 Å². The molecule has 1 nitrogen and oxygen atoms in total. The van der Waals surface area contributed by atoms with E-state index in [1.54, 1.807) is 0 Å². The van der Waals surface area contributed by atoms with E-state index >= 15 is 0 Å². The molecule has 1 unspecified atom stereocenters. The molecule has 0 amide bonds. The zero-order valence-corrected chi connectivity index (χ0v) is 4.02. The third-order valence-electron chi connectivity index (χ3n) is 0.936. The lowest BCUT2D eigenvalue weighted by Gasteiger charge is -2.02. The fraction of sp³-hybridized carbons (Fsp3) is 0.500. The van der Waals surface area contributed by atoms with Gasteiger partial charge in [0.25, 0.3) is 0 Å². The highest BCUT2D eigenvalue weighted by molar-refractivity contribution is 5.16. The Balaban J connectivity index is 2.45. The number of rotatable bonds is 0. The zero-order valence-electron chi connectivity index (χ0n) is 4.02. The van der Waals surface area contributed by atoms with E-state index in [1.165, 1.54) is 0 Å². The van der Waals surface area contributed by atoms with Gasteiger partial charge in [0.2, 0.25) is 0 Å². The molecule has 0 saturated heterocycles. The van der Waals surface area contributed by atoms with Crippen LogP contribution < -0.4 is 0 Å². The summed E-state index contributed by atoms with van der Waals surface area (Å²) in [6, 6.07) is 0. The van der Waals surface area contributed by atoms with Gasteiger partial charge in [-0.2, -0.15) is 0 Å². The summed E-state index contributed by atoms with van der Waals surface area (Å²) < 4.78 is 0. The maximum atomic E-state index is 8.72. The lowest BCUT2D eigenvalue weighted by Crippen LogP contribution is -2.05. The van der Waals surface area contributed by atoms with E-state index in [2.05, 4.69) is 11.8 Å². The molecule has 0 aromatic heterocycles. The Kier molecular flexibility index (Phi) is 1.33. The molecule has 1 radical (unpaired) electrons. The van der Waals surface area contributed by atoms with Crippen LogP contribution >= 0.6 is 0 Å². The van der Waals surface area contributed by atoms with E-state index in [1.807, 2.05) is 6.42 Å². The van der Waals surface area contributed by atoms with E-state index in [4.69, 9.17) is 5.11 Å². The van der Waals surface area contributed by atoms with Crippen LogP contribution in [0, 0.1) is 18.3 Å². The molecule has 1 atom stereocenters. The Hall–Kier alpha value is -0.480. The smallest absolute Gasteiger partial charge is 0.114 e. The molecule has 1 aliphatic carbocycles. The van der Waals surface area contributed by atoms with Crippen LogP contribution in [0.3, 0.4) is 0 Å². The molecule has 0 aromatic rings. The molecule has 37 valence electrons. The number of hydrogen-bond acceptors (Lipinski definition) is 1. The molecule has 1 rings (SSSR count). The molecule has 0 saturated carbocycles. The van der Waals surface area contributed by atoms with Crippen molar-refractivity contribution in [3.8, 4) is 11.8 Å². The number of aliphatic hydroxyl groups excluding tert-OH is 1. The van der Waals surface area contributed by atoms with Crippen molar-refractivity contribution >= 4 is 0 Å². The highest BCUT2D eigenvalue weighted by atomic mass is 16.3. The summed E-state index contributed by atoms with van der Waals surface area (Å²) in [6.07, 6.45) is 3.28. The van der Waals surface area contributed by atoms with E-state index in [-0.39, 0.29) is 6.10 Å². The molecular formula is C6H7O. The zero-order chi connectivity index (χ0) is 5.11. The summed E-state index contributed by atoms with van der Waals surface area (Å²) in [6.45, 7) is 0. The first kappa shape index (κ1) is 4.67. The monoisotopic (exact) mass is 95.0 g/mol. The molecule has 0 aliphatic heterocycles. The SMILES string of the molecule is OC1C#C[CH]CC1. The highest BCUT2D eigenvalue weighted by Gasteiger charge is 2.00. The summed E-state index contributed by atoms with van der Waals surface area (Å²) in [5.74, 6) is 5.34. The van der Waals surface area contributed by atoms with Crippen LogP contribution in [0.15, 0.2) is 0 Å². The maximum Gasteiger partial charge on any atom is 0.114 e. The molecule has 0 aromatic carbocycles. The first-order chi connectivity index (χ1) is 3.39. The van der Waals surface area contributed by atoms with Crippen molar-refractivity contribution in [1.29, 1.82) is 0 Å². The second-order valence-electron chi connectivity index (χ2n) is 1.59. The van der Waals surface area contributed by atoms with Gasteiger partial charge >= 0.3 is 0 Å². The van der Waals surface area contributed by atoms with Crippen LogP contribution in [-0.4, -0.2) is 11.2 Å². The summed E-state index contributed by atoms with van der Waals surface area (Å²) in [5, 5.41) is 8.72. The second-order valence-corrected chi connectivity index (χ2v) is 1.59. The fourth-order valence-electron chi connectivity index (χ4n) is 0.541. The molecule has 1 aliphatic rings. The highest BCUT2D eigenvalue weighted by Crippen LogP contribution is 2.01. The Morgan fingerprint density at radius 3 is 2.86 bits per heavy atom. The van der Waals surface area contributed by atoms with Crippen molar-refractivity contribution in [3.05, 3.63) is 6.42 Å². The molecule has 0 fully saturated rings. The third-order valence-corrected chi connectivity index (χ3v) is 0.936. The van der Waals surface area contributed by atoms with Crippen LogP contribution in [-0.2, 0) is 0 Å². The largest absolute Gasteiger partial charge is 0.380 e. The lowest BCUT2D eigenvalue weighted by molar-refractivity contribution is 0.220. The molecular weight excluding hydrogens is 88.1 g/mol. The van der Waals surface area contributed by atoms with E-state index in [0.717, 1.165) is 12.8 Å². The first-order valence-electron chi connectivity index (χ1n) is 2.40. The van der Waals surface area contributed by atoms with Gasteiger partial charge in [0.15, 0.2) is 0 Å². The first-order valence-corrected chi connectivity index (χ1v) is 2.40. The van der Waals surface area contributed by atoms with Gasteiger partial charge in [-0.25, -0.2) is 0 Å². The van der Waals surface area contributed by atoms with Gasteiger partial charge in [-0.05, 0) is 12.8 Å². The summed E-state index contributed by atoms with van der Waals surface area (Å²) in [4.78, 5) is 0. The Bertz CT molecular complexity index is 107. The van der Waals surface area contributed by atoms with Gasteiger partial charge in [0, 0.05) is 6.42 Å². The number of aliphatic hydroxyl groups is 1. The van der Waals surface area contributed by atoms with Crippen molar-refractivity contribution in [2.24, 2.45) is 0 Å². The van der Waals surface area contributed by atoms with Crippen molar-refractivity contribution in [2.45, 2.75) is 18.9 Å². The van der Waals surface area contributed by atoms with Crippen LogP contribution in [0.25, 0.3) is 0 Å². The van der Waals surface area contributed by atoms with Gasteiger partial charge in [0.05, 0.1) is 0 Å². The predicted molar refractivity (Wildman–Crippen MR) is 27.3 cm³/mol. The molecule has 0 bridgehead atoms. The Labute approximate surface area is 43.4 Å². The minimum Gasteiger partial charge on any atom is -0.380 e. The minimum absolute atomic E-state index is 0.356. The van der Waals surface area contributed by atoms with Gasteiger partial charge in [-0.1, -0.05) is 11.8 Å². The number of hydrogen-bond donors (Lipinski definition) is 1. The van der Waals surface area contributed by atoms with E-state index in [9.17, 15) is 0 Å². The summed E-state index contributed by atoms with van der Waals surface area (Å²) in [5.41, 5.74) is 0. The van der Waals surface area contributed by atoms with E-state index < -0.39 is 0 Å². The van der Waals surface area contributed by atoms with Crippen LogP contribution in [0.5, 0.6) is 0 Å². The van der Waals surface area contributed by atoms with Crippen molar-refractivity contribution in [3.63, 3.8) is 0 Å². The average molecular weight is 95.1 g/mol. The average Bonchev–Trinajstić information content (AvgIpc) is 1.69. The second kappa shape index (κ2) is 1.99. The van der Waals surface area contributed by atoms with Crippen LogP contribution in [0.1, 0.15) is 12.8 Å². The molecule has 1 N–H and O–H groups in total. The fourth-order valence-corrected chi connectivity index (χ4v) is 0.541. The molecule has 0 heterocycles. The van der Waals surface area contributed by atoms with Crippen molar-refractivity contribution < 1.29 is 5.11 Å². The van der Waals surface area contributed by atoms with Gasteiger partial charge in [-0.15, -0.1) is 0 Å². The maximum absolute atomic E-state index is 8.72. The topological polar surface area (TPSA) is 20.2 Å². The quantitative estimate of drug-likeness (QED) is 0.430. The summed E-state index contributed by atoms with van der Waals surface area (Å²) >= 11 is 0. The lowest BCUT2D eigenvalue weighted by atomic mass is 10.1.